The largest absolute Gasteiger partial charge is 0.462 e. The summed E-state index contributed by atoms with van der Waals surface area (Å²) < 4.78 is 16.7. The summed E-state index contributed by atoms with van der Waals surface area (Å²) in [5.41, 5.74) is 0.935. The molecule has 1 rings (SSSR count). The van der Waals surface area contributed by atoms with Crippen LogP contribution in [0.4, 0.5) is 0 Å². The standard InChI is InChI=1S/C15H26O4/c1-11(9-10-17-12(2)16)7-8-13-14(3,4)19-15(5,6)18-13/h9,13H,7-8,10H2,1-6H3/b11-9+/t13-/m1/s1. The first kappa shape index (κ1) is 16.2. The number of carbonyl (C=O) groups is 1. The second kappa shape index (κ2) is 6.06. The maximum absolute atomic E-state index is 10.7. The minimum absolute atomic E-state index is 0.0829. The van der Waals surface area contributed by atoms with Crippen molar-refractivity contribution in [3.05, 3.63) is 11.6 Å². The Morgan fingerprint density at radius 2 is 1.89 bits per heavy atom. The number of ether oxygens (including phenoxy) is 3. The number of allylic oxidation sites excluding steroid dienone is 1. The molecule has 0 saturated carbocycles. The molecular formula is C15H26O4. The second-order valence-electron chi connectivity index (χ2n) is 6.10. The summed E-state index contributed by atoms with van der Waals surface area (Å²) in [6.07, 6.45) is 3.84. The molecule has 0 aromatic carbocycles. The lowest BCUT2D eigenvalue weighted by Gasteiger charge is -2.23. The van der Waals surface area contributed by atoms with Crippen molar-refractivity contribution in [2.24, 2.45) is 0 Å². The highest BCUT2D eigenvalue weighted by Crippen LogP contribution is 2.38. The summed E-state index contributed by atoms with van der Waals surface area (Å²) in [4.78, 5) is 10.7. The van der Waals surface area contributed by atoms with E-state index in [1.54, 1.807) is 0 Å². The molecule has 1 atom stereocenters. The molecular weight excluding hydrogens is 244 g/mol. The zero-order valence-corrected chi connectivity index (χ0v) is 12.9. The SMILES string of the molecule is CC(=O)OC/C=C(\C)CC[C@H]1OC(C)(C)OC1(C)C. The van der Waals surface area contributed by atoms with Gasteiger partial charge < -0.3 is 14.2 Å². The van der Waals surface area contributed by atoms with Gasteiger partial charge in [-0.15, -0.1) is 0 Å². The third-order valence-corrected chi connectivity index (χ3v) is 3.23. The Morgan fingerprint density at radius 3 is 2.37 bits per heavy atom. The van der Waals surface area contributed by atoms with E-state index in [0.717, 1.165) is 12.8 Å². The fraction of sp³-hybridized carbons (Fsp3) is 0.800. The predicted octanol–water partition coefficient (Wildman–Crippen LogP) is 3.21. The topological polar surface area (TPSA) is 44.8 Å². The highest BCUT2D eigenvalue weighted by molar-refractivity contribution is 5.66. The van der Waals surface area contributed by atoms with Gasteiger partial charge in [-0.1, -0.05) is 5.57 Å². The molecule has 0 spiro atoms. The molecule has 1 aliphatic rings. The normalized spacial score (nSPS) is 25.4. The van der Waals surface area contributed by atoms with Crippen LogP contribution in [0.25, 0.3) is 0 Å². The second-order valence-corrected chi connectivity index (χ2v) is 6.10. The van der Waals surface area contributed by atoms with E-state index in [4.69, 9.17) is 14.2 Å². The lowest BCUT2D eigenvalue weighted by molar-refractivity contribution is -0.157. The average molecular weight is 270 g/mol. The van der Waals surface area contributed by atoms with Crippen molar-refractivity contribution in [2.45, 2.75) is 71.9 Å². The van der Waals surface area contributed by atoms with Crippen LogP contribution in [-0.2, 0) is 19.0 Å². The van der Waals surface area contributed by atoms with Crippen LogP contribution in [-0.4, -0.2) is 30.1 Å². The Balaban J connectivity index is 2.42. The number of hydrogen-bond donors (Lipinski definition) is 0. The summed E-state index contributed by atoms with van der Waals surface area (Å²) in [6.45, 7) is 11.8. The molecule has 0 aromatic heterocycles. The maximum Gasteiger partial charge on any atom is 0.302 e. The molecule has 0 aromatic rings. The summed E-state index contributed by atoms with van der Waals surface area (Å²) in [5, 5.41) is 0. The van der Waals surface area contributed by atoms with Crippen molar-refractivity contribution < 1.29 is 19.0 Å². The fourth-order valence-electron chi connectivity index (χ4n) is 2.38. The van der Waals surface area contributed by atoms with Crippen LogP contribution in [0, 0.1) is 0 Å². The quantitative estimate of drug-likeness (QED) is 0.568. The van der Waals surface area contributed by atoms with E-state index in [2.05, 4.69) is 13.8 Å². The van der Waals surface area contributed by atoms with Crippen LogP contribution in [0.15, 0.2) is 11.6 Å². The summed E-state index contributed by atoms with van der Waals surface area (Å²) in [7, 11) is 0. The Hall–Kier alpha value is -0.870. The minimum Gasteiger partial charge on any atom is -0.462 e. The Morgan fingerprint density at radius 1 is 1.26 bits per heavy atom. The monoisotopic (exact) mass is 270 g/mol. The van der Waals surface area contributed by atoms with Gasteiger partial charge in [-0.3, -0.25) is 4.79 Å². The molecule has 0 N–H and O–H groups in total. The van der Waals surface area contributed by atoms with Crippen molar-refractivity contribution >= 4 is 5.97 Å². The third-order valence-electron chi connectivity index (χ3n) is 3.23. The highest BCUT2D eigenvalue weighted by Gasteiger charge is 2.46. The first-order valence-electron chi connectivity index (χ1n) is 6.79. The van der Waals surface area contributed by atoms with Crippen molar-refractivity contribution in [1.29, 1.82) is 0 Å². The fourth-order valence-corrected chi connectivity index (χ4v) is 2.38. The van der Waals surface area contributed by atoms with E-state index >= 15 is 0 Å². The molecule has 1 aliphatic heterocycles. The van der Waals surface area contributed by atoms with E-state index in [-0.39, 0.29) is 17.7 Å². The van der Waals surface area contributed by atoms with Gasteiger partial charge in [0.05, 0.1) is 11.7 Å². The molecule has 4 heteroatoms. The van der Waals surface area contributed by atoms with E-state index in [0.29, 0.717) is 6.61 Å². The van der Waals surface area contributed by atoms with Gasteiger partial charge in [-0.05, 0) is 53.5 Å². The Kier molecular flexibility index (Phi) is 5.16. The van der Waals surface area contributed by atoms with Crippen molar-refractivity contribution in [1.82, 2.24) is 0 Å². The summed E-state index contributed by atoms with van der Waals surface area (Å²) in [6, 6.07) is 0. The van der Waals surface area contributed by atoms with Crippen molar-refractivity contribution in [2.75, 3.05) is 6.61 Å². The molecule has 19 heavy (non-hydrogen) atoms. The van der Waals surface area contributed by atoms with Crippen molar-refractivity contribution in [3.63, 3.8) is 0 Å². The maximum atomic E-state index is 10.7. The number of hydrogen-bond acceptors (Lipinski definition) is 4. The van der Waals surface area contributed by atoms with E-state index < -0.39 is 5.79 Å². The van der Waals surface area contributed by atoms with Gasteiger partial charge >= 0.3 is 5.97 Å². The zero-order chi connectivity index (χ0) is 14.7. The number of esters is 1. The highest BCUT2D eigenvalue weighted by atomic mass is 16.8. The molecule has 1 fully saturated rings. The van der Waals surface area contributed by atoms with Crippen molar-refractivity contribution in [3.8, 4) is 0 Å². The average Bonchev–Trinajstić information content (AvgIpc) is 2.42. The molecule has 0 radical (unpaired) electrons. The minimum atomic E-state index is -0.510. The van der Waals surface area contributed by atoms with Crippen LogP contribution in [0.1, 0.15) is 54.4 Å². The molecule has 110 valence electrons. The van der Waals surface area contributed by atoms with Crippen LogP contribution in [0.2, 0.25) is 0 Å². The molecule has 1 heterocycles. The van der Waals surface area contributed by atoms with Crippen LogP contribution < -0.4 is 0 Å². The van der Waals surface area contributed by atoms with Gasteiger partial charge in [-0.25, -0.2) is 0 Å². The molecule has 0 amide bonds. The van der Waals surface area contributed by atoms with Gasteiger partial charge in [0.1, 0.15) is 6.61 Å². The number of carbonyl (C=O) groups excluding carboxylic acids is 1. The molecule has 1 saturated heterocycles. The summed E-state index contributed by atoms with van der Waals surface area (Å²) >= 11 is 0. The number of rotatable bonds is 5. The molecule has 0 unspecified atom stereocenters. The van der Waals surface area contributed by atoms with Gasteiger partial charge in [0, 0.05) is 6.92 Å². The lowest BCUT2D eigenvalue weighted by atomic mass is 9.96. The van der Waals surface area contributed by atoms with E-state index in [1.807, 2.05) is 26.8 Å². The van der Waals surface area contributed by atoms with Crippen LogP contribution >= 0.6 is 0 Å². The predicted molar refractivity (Wildman–Crippen MR) is 73.7 cm³/mol. The smallest absolute Gasteiger partial charge is 0.302 e. The first-order chi connectivity index (χ1) is 8.62. The summed E-state index contributed by atoms with van der Waals surface area (Å²) in [5.74, 6) is -0.761. The first-order valence-corrected chi connectivity index (χ1v) is 6.79. The zero-order valence-electron chi connectivity index (χ0n) is 12.9. The van der Waals surface area contributed by atoms with Crippen LogP contribution in [0.5, 0.6) is 0 Å². The van der Waals surface area contributed by atoms with Gasteiger partial charge in [-0.2, -0.15) is 0 Å². The Labute approximate surface area is 116 Å². The lowest BCUT2D eigenvalue weighted by Crippen LogP contribution is -2.33. The molecule has 4 nitrogen and oxygen atoms in total. The van der Waals surface area contributed by atoms with Gasteiger partial charge in [0.25, 0.3) is 0 Å². The van der Waals surface area contributed by atoms with E-state index in [1.165, 1.54) is 12.5 Å². The van der Waals surface area contributed by atoms with Crippen LogP contribution in [0.3, 0.4) is 0 Å². The Bertz CT molecular complexity index is 355. The van der Waals surface area contributed by atoms with E-state index in [9.17, 15) is 4.79 Å². The van der Waals surface area contributed by atoms with Gasteiger partial charge in [0.15, 0.2) is 5.79 Å². The third kappa shape index (κ3) is 5.33. The molecule has 0 aliphatic carbocycles. The van der Waals surface area contributed by atoms with Gasteiger partial charge in [0.2, 0.25) is 0 Å². The molecule has 0 bridgehead atoms.